The normalized spacial score (nSPS) is 10.0. The first-order valence-corrected chi connectivity index (χ1v) is 6.24. The molecule has 0 spiro atoms. The van der Waals surface area contributed by atoms with Crippen LogP contribution in [0.4, 0.5) is 0 Å². The Morgan fingerprint density at radius 3 is 2.11 bits per heavy atom. The molecule has 1 amide bonds. The van der Waals surface area contributed by atoms with Crippen LogP contribution >= 0.6 is 0 Å². The van der Waals surface area contributed by atoms with E-state index in [2.05, 4.69) is 4.98 Å². The summed E-state index contributed by atoms with van der Waals surface area (Å²) in [7, 11) is -1.48. The van der Waals surface area contributed by atoms with Gasteiger partial charge < -0.3 is 4.98 Å². The summed E-state index contributed by atoms with van der Waals surface area (Å²) >= 11 is 0. The van der Waals surface area contributed by atoms with Gasteiger partial charge >= 0.3 is 0 Å². The van der Waals surface area contributed by atoms with E-state index >= 15 is 0 Å². The maximum absolute atomic E-state index is 10.5. The molecule has 0 aliphatic heterocycles. The van der Waals surface area contributed by atoms with Crippen LogP contribution in [-0.2, 0) is 4.79 Å². The Balaban J connectivity index is 3.78. The zero-order valence-electron chi connectivity index (χ0n) is 5.99. The number of hydrogen-bond donors (Lipinski definition) is 1. The Morgan fingerprint density at radius 2 is 2.00 bits per heavy atom. The van der Waals surface area contributed by atoms with Crippen LogP contribution in [0.25, 0.3) is 0 Å². The van der Waals surface area contributed by atoms with E-state index < -0.39 is 8.24 Å². The molecule has 3 heteroatoms. The molecule has 1 N–H and O–H groups in total. The van der Waals surface area contributed by atoms with Gasteiger partial charge in [0.1, 0.15) is 8.24 Å². The van der Waals surface area contributed by atoms with E-state index in [1.165, 1.54) is 0 Å². The molecule has 2 nitrogen and oxygen atoms in total. The van der Waals surface area contributed by atoms with E-state index in [1.807, 2.05) is 25.6 Å². The molecule has 50 valence electrons. The van der Waals surface area contributed by atoms with Crippen LogP contribution in [0.1, 0.15) is 0 Å². The quantitative estimate of drug-likeness (QED) is 0.420. The maximum Gasteiger partial charge on any atom is 0.287 e. The van der Waals surface area contributed by atoms with Gasteiger partial charge in [0.25, 0.3) is 5.91 Å². The van der Waals surface area contributed by atoms with Crippen molar-refractivity contribution >= 4 is 14.1 Å². The topological polar surface area (TPSA) is 29.1 Å². The SMILES string of the molecule is C#CC(=O)N[Si](C)(C)C. The number of terminal acetylenes is 1. The van der Waals surface area contributed by atoms with Gasteiger partial charge in [0.2, 0.25) is 0 Å². The Labute approximate surface area is 56.7 Å². The van der Waals surface area contributed by atoms with E-state index in [-0.39, 0.29) is 5.91 Å². The lowest BCUT2D eigenvalue weighted by Gasteiger charge is -2.14. The lowest BCUT2D eigenvalue weighted by atomic mass is 10.7. The Morgan fingerprint density at radius 1 is 1.56 bits per heavy atom. The fourth-order valence-corrected chi connectivity index (χ4v) is 1.13. The predicted octanol–water partition coefficient (Wildman–Crippen LogP) is 0.571. The lowest BCUT2D eigenvalue weighted by Crippen LogP contribution is -2.44. The summed E-state index contributed by atoms with van der Waals surface area (Å²) in [5.41, 5.74) is 0. The molecular formula is C6H11NOSi. The van der Waals surface area contributed by atoms with Gasteiger partial charge in [0.05, 0.1) is 0 Å². The van der Waals surface area contributed by atoms with E-state index in [1.54, 1.807) is 0 Å². The third-order valence-electron chi connectivity index (χ3n) is 0.620. The van der Waals surface area contributed by atoms with Crippen LogP contribution in [0.3, 0.4) is 0 Å². The maximum atomic E-state index is 10.5. The summed E-state index contributed by atoms with van der Waals surface area (Å²) in [6, 6.07) is 0. The largest absolute Gasteiger partial charge is 0.372 e. The lowest BCUT2D eigenvalue weighted by molar-refractivity contribution is -0.114. The van der Waals surface area contributed by atoms with E-state index in [0.29, 0.717) is 0 Å². The zero-order valence-corrected chi connectivity index (χ0v) is 6.99. The number of hydrogen-bond acceptors (Lipinski definition) is 1. The van der Waals surface area contributed by atoms with Gasteiger partial charge in [-0.05, 0) is 5.92 Å². The van der Waals surface area contributed by atoms with Crippen molar-refractivity contribution in [2.24, 2.45) is 0 Å². The zero-order chi connectivity index (χ0) is 7.49. The molecule has 0 radical (unpaired) electrons. The second-order valence-electron chi connectivity index (χ2n) is 2.85. The molecule has 0 aliphatic rings. The highest BCUT2D eigenvalue weighted by molar-refractivity contribution is 6.76. The third-order valence-corrected chi connectivity index (χ3v) is 1.60. The fraction of sp³-hybridized carbons (Fsp3) is 0.500. The van der Waals surface area contributed by atoms with Crippen molar-refractivity contribution in [3.05, 3.63) is 0 Å². The summed E-state index contributed by atoms with van der Waals surface area (Å²) in [5, 5.41) is 0. The number of rotatable bonds is 1. The van der Waals surface area contributed by atoms with E-state index in [9.17, 15) is 4.79 Å². The van der Waals surface area contributed by atoms with Crippen molar-refractivity contribution in [1.82, 2.24) is 4.98 Å². The van der Waals surface area contributed by atoms with Crippen molar-refractivity contribution in [3.8, 4) is 12.3 Å². The first kappa shape index (κ1) is 8.25. The van der Waals surface area contributed by atoms with Gasteiger partial charge in [-0.15, -0.1) is 6.42 Å². The minimum Gasteiger partial charge on any atom is -0.372 e. The van der Waals surface area contributed by atoms with Gasteiger partial charge in [0.15, 0.2) is 0 Å². The van der Waals surface area contributed by atoms with Crippen molar-refractivity contribution < 1.29 is 4.79 Å². The van der Waals surface area contributed by atoms with E-state index in [4.69, 9.17) is 6.42 Å². The molecule has 0 fully saturated rings. The van der Waals surface area contributed by atoms with Gasteiger partial charge in [0, 0.05) is 0 Å². The highest BCUT2D eigenvalue weighted by Gasteiger charge is 2.14. The first-order valence-electron chi connectivity index (χ1n) is 2.74. The van der Waals surface area contributed by atoms with Crippen LogP contribution in [0, 0.1) is 12.3 Å². The van der Waals surface area contributed by atoms with Crippen molar-refractivity contribution in [2.75, 3.05) is 0 Å². The van der Waals surface area contributed by atoms with Crippen molar-refractivity contribution in [3.63, 3.8) is 0 Å². The van der Waals surface area contributed by atoms with Crippen LogP contribution in [0.15, 0.2) is 0 Å². The third kappa shape index (κ3) is 5.11. The molecule has 0 atom stereocenters. The van der Waals surface area contributed by atoms with Crippen LogP contribution in [-0.4, -0.2) is 14.1 Å². The summed E-state index contributed by atoms with van der Waals surface area (Å²) in [6.07, 6.45) is 4.84. The molecule has 0 heterocycles. The molecule has 0 bridgehead atoms. The average molecular weight is 141 g/mol. The molecule has 0 saturated heterocycles. The Hall–Kier alpha value is -0.753. The number of amides is 1. The summed E-state index contributed by atoms with van der Waals surface area (Å²) in [6.45, 7) is 6.05. The molecule has 0 rings (SSSR count). The van der Waals surface area contributed by atoms with Gasteiger partial charge in [-0.25, -0.2) is 0 Å². The summed E-state index contributed by atoms with van der Waals surface area (Å²) < 4.78 is 0. The number of nitrogens with one attached hydrogen (secondary N) is 1. The molecule has 0 aliphatic carbocycles. The van der Waals surface area contributed by atoms with E-state index in [0.717, 1.165) is 0 Å². The molecule has 0 unspecified atom stereocenters. The second-order valence-corrected chi connectivity index (χ2v) is 7.60. The number of carbonyl (C=O) groups is 1. The second kappa shape index (κ2) is 2.69. The predicted molar refractivity (Wildman–Crippen MR) is 40.3 cm³/mol. The van der Waals surface area contributed by atoms with Gasteiger partial charge in [-0.3, -0.25) is 4.79 Å². The summed E-state index contributed by atoms with van der Waals surface area (Å²) in [5.74, 6) is 1.71. The average Bonchev–Trinajstić information content (AvgIpc) is 1.62. The minimum absolute atomic E-state index is 0.297. The standard InChI is InChI=1S/C6H11NOSi/c1-5-6(8)7-9(2,3)4/h1H,2-4H3,(H,7,8). The van der Waals surface area contributed by atoms with Crippen LogP contribution in [0.2, 0.25) is 19.6 Å². The molecule has 0 aromatic carbocycles. The molecule has 0 saturated carbocycles. The highest BCUT2D eigenvalue weighted by Crippen LogP contribution is 1.92. The molecular weight excluding hydrogens is 130 g/mol. The first-order chi connectivity index (χ1) is 3.95. The monoisotopic (exact) mass is 141 g/mol. The van der Waals surface area contributed by atoms with Crippen LogP contribution < -0.4 is 4.98 Å². The van der Waals surface area contributed by atoms with Gasteiger partial charge in [-0.2, -0.15) is 0 Å². The minimum atomic E-state index is -1.48. The molecule has 9 heavy (non-hydrogen) atoms. The van der Waals surface area contributed by atoms with Gasteiger partial charge in [-0.1, -0.05) is 19.6 Å². The number of carbonyl (C=O) groups excluding carboxylic acids is 1. The smallest absolute Gasteiger partial charge is 0.287 e. The Kier molecular flexibility index (Phi) is 2.47. The summed E-state index contributed by atoms with van der Waals surface area (Å²) in [4.78, 5) is 13.2. The van der Waals surface area contributed by atoms with Crippen molar-refractivity contribution in [1.29, 1.82) is 0 Å². The molecule has 0 aromatic rings. The molecule has 0 aromatic heterocycles. The Bertz CT molecular complexity index is 151. The van der Waals surface area contributed by atoms with Crippen LogP contribution in [0.5, 0.6) is 0 Å². The highest BCUT2D eigenvalue weighted by atomic mass is 28.3. The fourth-order valence-electron chi connectivity index (χ4n) is 0.377. The van der Waals surface area contributed by atoms with Crippen molar-refractivity contribution in [2.45, 2.75) is 19.6 Å².